The molecule has 3 N–H and O–H groups in total. The fourth-order valence-electron chi connectivity index (χ4n) is 2.54. The largest absolute Gasteiger partial charge is 0.327 e. The van der Waals surface area contributed by atoms with Crippen LogP contribution < -0.4 is 10.5 Å². The fraction of sp³-hybridized carbons (Fsp3) is 0.538. The number of sulfonamides is 1. The predicted octanol–water partition coefficient (Wildman–Crippen LogP) is 1.39. The van der Waals surface area contributed by atoms with Crippen LogP contribution in [-0.4, -0.2) is 25.9 Å². The van der Waals surface area contributed by atoms with Gasteiger partial charge < -0.3 is 5.73 Å². The summed E-state index contributed by atoms with van der Waals surface area (Å²) >= 11 is 0. The molecule has 7 nitrogen and oxygen atoms in total. The van der Waals surface area contributed by atoms with Gasteiger partial charge in [-0.25, -0.2) is 13.1 Å². The summed E-state index contributed by atoms with van der Waals surface area (Å²) in [7, 11) is -3.65. The van der Waals surface area contributed by atoms with Gasteiger partial charge in [0.2, 0.25) is 10.0 Å². The normalized spacial score (nSPS) is 22.9. The van der Waals surface area contributed by atoms with E-state index in [0.717, 1.165) is 25.7 Å². The average molecular weight is 313 g/mol. The van der Waals surface area contributed by atoms with Gasteiger partial charge in [-0.15, -0.1) is 0 Å². The van der Waals surface area contributed by atoms with Gasteiger partial charge in [-0.3, -0.25) is 10.1 Å². The van der Waals surface area contributed by atoms with Crippen molar-refractivity contribution in [1.82, 2.24) is 4.72 Å². The first-order valence-corrected chi connectivity index (χ1v) is 8.38. The maximum absolute atomic E-state index is 12.1. The van der Waals surface area contributed by atoms with E-state index in [4.69, 9.17) is 5.73 Å². The van der Waals surface area contributed by atoms with E-state index in [1.165, 1.54) is 24.3 Å². The minimum absolute atomic E-state index is 0.0254. The number of benzene rings is 1. The van der Waals surface area contributed by atoms with Gasteiger partial charge in [0.1, 0.15) is 0 Å². The van der Waals surface area contributed by atoms with Crippen molar-refractivity contribution in [2.24, 2.45) is 11.7 Å². The van der Waals surface area contributed by atoms with Crippen LogP contribution in [-0.2, 0) is 10.0 Å². The molecule has 0 saturated heterocycles. The van der Waals surface area contributed by atoms with E-state index in [9.17, 15) is 18.5 Å². The van der Waals surface area contributed by atoms with Crippen LogP contribution in [0.5, 0.6) is 0 Å². The molecule has 2 atom stereocenters. The summed E-state index contributed by atoms with van der Waals surface area (Å²) < 4.78 is 26.8. The Hall–Kier alpha value is -1.51. The summed E-state index contributed by atoms with van der Waals surface area (Å²) in [4.78, 5) is 10.0. The van der Waals surface area contributed by atoms with Gasteiger partial charge in [-0.05, 0) is 30.9 Å². The molecular formula is C13H19N3O4S. The number of nitro groups is 1. The second kappa shape index (κ2) is 6.50. The van der Waals surface area contributed by atoms with Gasteiger partial charge in [-0.1, -0.05) is 12.8 Å². The SMILES string of the molecule is NC1CCCCC1CNS(=O)(=O)c1ccc([N+](=O)[O-])cc1. The molecule has 0 heterocycles. The van der Waals surface area contributed by atoms with Gasteiger partial charge in [0.05, 0.1) is 9.82 Å². The number of hydrogen-bond donors (Lipinski definition) is 2. The fourth-order valence-corrected chi connectivity index (χ4v) is 3.63. The molecule has 1 fully saturated rings. The van der Waals surface area contributed by atoms with Gasteiger partial charge in [0.25, 0.3) is 5.69 Å². The lowest BCUT2D eigenvalue weighted by molar-refractivity contribution is -0.384. The molecule has 2 rings (SSSR count). The van der Waals surface area contributed by atoms with Crippen LogP contribution >= 0.6 is 0 Å². The first-order valence-electron chi connectivity index (χ1n) is 6.90. The smallest absolute Gasteiger partial charge is 0.269 e. The van der Waals surface area contributed by atoms with Crippen molar-refractivity contribution in [2.45, 2.75) is 36.6 Å². The molecule has 0 aromatic heterocycles. The molecule has 116 valence electrons. The number of hydrogen-bond acceptors (Lipinski definition) is 5. The quantitative estimate of drug-likeness (QED) is 0.629. The Morgan fingerprint density at radius 1 is 1.24 bits per heavy atom. The molecule has 21 heavy (non-hydrogen) atoms. The average Bonchev–Trinajstić information content (AvgIpc) is 2.46. The van der Waals surface area contributed by atoms with Crippen molar-refractivity contribution >= 4 is 15.7 Å². The lowest BCUT2D eigenvalue weighted by Crippen LogP contribution is -2.41. The minimum atomic E-state index is -3.65. The lowest BCUT2D eigenvalue weighted by Gasteiger charge is -2.28. The highest BCUT2D eigenvalue weighted by Gasteiger charge is 2.24. The zero-order valence-corrected chi connectivity index (χ0v) is 12.4. The van der Waals surface area contributed by atoms with Crippen molar-refractivity contribution in [2.75, 3.05) is 6.54 Å². The molecule has 1 saturated carbocycles. The Bertz CT molecular complexity index is 600. The van der Waals surface area contributed by atoms with E-state index in [1.54, 1.807) is 0 Å². The van der Waals surface area contributed by atoms with Crippen LogP contribution in [0.1, 0.15) is 25.7 Å². The molecule has 0 bridgehead atoms. The Morgan fingerprint density at radius 3 is 2.43 bits per heavy atom. The third kappa shape index (κ3) is 3.99. The Morgan fingerprint density at radius 2 is 1.86 bits per heavy atom. The van der Waals surface area contributed by atoms with Crippen LogP contribution in [0, 0.1) is 16.0 Å². The zero-order chi connectivity index (χ0) is 15.5. The van der Waals surface area contributed by atoms with Crippen molar-refractivity contribution in [3.63, 3.8) is 0 Å². The molecule has 8 heteroatoms. The second-order valence-electron chi connectivity index (χ2n) is 5.31. The van der Waals surface area contributed by atoms with Crippen LogP contribution in [0.2, 0.25) is 0 Å². The summed E-state index contributed by atoms with van der Waals surface area (Å²) in [6.45, 7) is 0.306. The van der Waals surface area contributed by atoms with Gasteiger partial charge in [0.15, 0.2) is 0 Å². The Kier molecular flexibility index (Phi) is 4.92. The lowest BCUT2D eigenvalue weighted by atomic mass is 9.85. The van der Waals surface area contributed by atoms with E-state index < -0.39 is 14.9 Å². The van der Waals surface area contributed by atoms with Crippen LogP contribution in [0.25, 0.3) is 0 Å². The van der Waals surface area contributed by atoms with Crippen molar-refractivity contribution in [3.8, 4) is 0 Å². The summed E-state index contributed by atoms with van der Waals surface area (Å²) in [5, 5.41) is 10.6. The summed E-state index contributed by atoms with van der Waals surface area (Å²) in [5.41, 5.74) is 5.85. The van der Waals surface area contributed by atoms with E-state index in [1.807, 2.05) is 0 Å². The first-order chi connectivity index (χ1) is 9.90. The molecule has 1 aliphatic rings. The monoisotopic (exact) mass is 313 g/mol. The molecule has 1 aliphatic carbocycles. The van der Waals surface area contributed by atoms with Gasteiger partial charge in [-0.2, -0.15) is 0 Å². The minimum Gasteiger partial charge on any atom is -0.327 e. The Labute approximate surface area is 123 Å². The molecule has 1 aromatic rings. The number of non-ortho nitro benzene ring substituents is 1. The first kappa shape index (κ1) is 15.9. The second-order valence-corrected chi connectivity index (χ2v) is 7.08. The molecule has 1 aromatic carbocycles. The highest BCUT2D eigenvalue weighted by atomic mass is 32.2. The van der Waals surface area contributed by atoms with E-state index >= 15 is 0 Å². The third-order valence-corrected chi connectivity index (χ3v) is 5.30. The zero-order valence-electron chi connectivity index (χ0n) is 11.6. The molecule has 0 radical (unpaired) electrons. The third-order valence-electron chi connectivity index (χ3n) is 3.86. The Balaban J connectivity index is 2.02. The maximum Gasteiger partial charge on any atom is 0.269 e. The van der Waals surface area contributed by atoms with E-state index in [2.05, 4.69) is 4.72 Å². The van der Waals surface area contributed by atoms with Crippen LogP contribution in [0.3, 0.4) is 0 Å². The number of rotatable bonds is 5. The molecule has 0 amide bonds. The van der Waals surface area contributed by atoms with Crippen LogP contribution in [0.4, 0.5) is 5.69 Å². The highest BCUT2D eigenvalue weighted by Crippen LogP contribution is 2.23. The standard InChI is InChI=1S/C13H19N3O4S/c14-13-4-2-1-3-10(13)9-15-21(19,20)12-7-5-11(6-8-12)16(17)18/h5-8,10,13,15H,1-4,9,14H2. The summed E-state index contributed by atoms with van der Waals surface area (Å²) in [5.74, 6) is 0.145. The number of nitrogens with one attached hydrogen (secondary N) is 1. The molecule has 0 spiro atoms. The van der Waals surface area contributed by atoms with E-state index in [0.29, 0.717) is 6.54 Å². The predicted molar refractivity (Wildman–Crippen MR) is 78.2 cm³/mol. The van der Waals surface area contributed by atoms with E-state index in [-0.39, 0.29) is 22.5 Å². The summed E-state index contributed by atoms with van der Waals surface area (Å²) in [6.07, 6.45) is 4.00. The topological polar surface area (TPSA) is 115 Å². The van der Waals surface area contributed by atoms with Crippen molar-refractivity contribution in [3.05, 3.63) is 34.4 Å². The van der Waals surface area contributed by atoms with Crippen molar-refractivity contribution in [1.29, 1.82) is 0 Å². The number of nitro benzene ring substituents is 1. The van der Waals surface area contributed by atoms with Crippen LogP contribution in [0.15, 0.2) is 29.2 Å². The summed E-state index contributed by atoms with van der Waals surface area (Å²) in [6, 6.07) is 4.86. The van der Waals surface area contributed by atoms with Crippen molar-refractivity contribution < 1.29 is 13.3 Å². The molecule has 2 unspecified atom stereocenters. The van der Waals surface area contributed by atoms with Gasteiger partial charge >= 0.3 is 0 Å². The number of nitrogens with zero attached hydrogens (tertiary/aromatic N) is 1. The number of nitrogens with two attached hydrogens (primary N) is 1. The highest BCUT2D eigenvalue weighted by molar-refractivity contribution is 7.89. The maximum atomic E-state index is 12.1. The molecular weight excluding hydrogens is 294 g/mol. The molecule has 0 aliphatic heterocycles. The van der Waals surface area contributed by atoms with Gasteiger partial charge in [0, 0.05) is 24.7 Å².